The predicted octanol–water partition coefficient (Wildman–Crippen LogP) is 2.53. The zero-order valence-electron chi connectivity index (χ0n) is 12.0. The molecule has 9 heteroatoms. The Hall–Kier alpha value is -2.91. The summed E-state index contributed by atoms with van der Waals surface area (Å²) in [5.41, 5.74) is 1.22. The standard InChI is InChI=1S/C15H9N5O2S2/c21-12(10-7-17-15-20(13(10)22)5-6-23-15)19-14-18-11(8-24-14)9-1-3-16-4-2-9/h1-8H,(H,18,19,21). The van der Waals surface area contributed by atoms with Crippen LogP contribution in [0.3, 0.4) is 0 Å². The SMILES string of the molecule is O=C(Nc1nc(-c2ccncc2)cs1)c1cnc2sccn2c1=O. The second-order valence-electron chi connectivity index (χ2n) is 4.76. The molecule has 4 rings (SSSR count). The zero-order valence-corrected chi connectivity index (χ0v) is 13.7. The number of anilines is 1. The molecule has 0 spiro atoms. The Morgan fingerprint density at radius 3 is 2.88 bits per heavy atom. The third-order valence-electron chi connectivity index (χ3n) is 3.29. The first-order valence-corrected chi connectivity index (χ1v) is 8.60. The highest BCUT2D eigenvalue weighted by molar-refractivity contribution is 7.15. The van der Waals surface area contributed by atoms with Crippen molar-refractivity contribution in [1.29, 1.82) is 0 Å². The summed E-state index contributed by atoms with van der Waals surface area (Å²) in [4.78, 5) is 37.6. The number of fused-ring (bicyclic) bond motifs is 1. The lowest BCUT2D eigenvalue weighted by molar-refractivity contribution is 0.102. The van der Waals surface area contributed by atoms with Crippen LogP contribution in [0.1, 0.15) is 10.4 Å². The van der Waals surface area contributed by atoms with E-state index in [1.807, 2.05) is 17.5 Å². The molecule has 0 saturated heterocycles. The molecule has 118 valence electrons. The molecular formula is C15H9N5O2S2. The smallest absolute Gasteiger partial charge is 0.271 e. The summed E-state index contributed by atoms with van der Waals surface area (Å²) < 4.78 is 1.35. The summed E-state index contributed by atoms with van der Waals surface area (Å²) in [5, 5.41) is 6.64. The van der Waals surface area contributed by atoms with Crippen LogP contribution < -0.4 is 10.9 Å². The van der Waals surface area contributed by atoms with E-state index in [0.717, 1.165) is 11.3 Å². The molecular weight excluding hydrogens is 346 g/mol. The molecule has 24 heavy (non-hydrogen) atoms. The Morgan fingerprint density at radius 1 is 1.21 bits per heavy atom. The first-order valence-electron chi connectivity index (χ1n) is 6.84. The van der Waals surface area contributed by atoms with Crippen LogP contribution in [0, 0.1) is 0 Å². The highest BCUT2D eigenvalue weighted by Gasteiger charge is 2.15. The lowest BCUT2D eigenvalue weighted by atomic mass is 10.2. The van der Waals surface area contributed by atoms with E-state index >= 15 is 0 Å². The lowest BCUT2D eigenvalue weighted by Gasteiger charge is -2.01. The van der Waals surface area contributed by atoms with E-state index in [9.17, 15) is 9.59 Å². The van der Waals surface area contributed by atoms with Gasteiger partial charge in [-0.15, -0.1) is 22.7 Å². The van der Waals surface area contributed by atoms with Gasteiger partial charge in [-0.25, -0.2) is 9.97 Å². The van der Waals surface area contributed by atoms with Crippen LogP contribution in [0.15, 0.2) is 52.5 Å². The van der Waals surface area contributed by atoms with Crippen molar-refractivity contribution in [3.05, 3.63) is 63.6 Å². The maximum absolute atomic E-state index is 12.3. The van der Waals surface area contributed by atoms with Gasteiger partial charge in [-0.2, -0.15) is 0 Å². The molecule has 0 fully saturated rings. The van der Waals surface area contributed by atoms with Gasteiger partial charge in [0, 0.05) is 41.1 Å². The van der Waals surface area contributed by atoms with Crippen LogP contribution in [-0.4, -0.2) is 25.3 Å². The molecule has 0 unspecified atom stereocenters. The number of pyridine rings is 1. The summed E-state index contributed by atoms with van der Waals surface area (Å²) in [5.74, 6) is -0.524. The summed E-state index contributed by atoms with van der Waals surface area (Å²) in [6.45, 7) is 0. The third kappa shape index (κ3) is 2.59. The summed E-state index contributed by atoms with van der Waals surface area (Å²) in [6, 6.07) is 3.67. The zero-order chi connectivity index (χ0) is 16.5. The second kappa shape index (κ2) is 5.95. The van der Waals surface area contributed by atoms with Crippen molar-refractivity contribution in [3.8, 4) is 11.3 Å². The van der Waals surface area contributed by atoms with Gasteiger partial charge in [0.25, 0.3) is 11.5 Å². The first-order chi connectivity index (χ1) is 11.7. The van der Waals surface area contributed by atoms with Crippen LogP contribution in [0.5, 0.6) is 0 Å². The number of hydrogen-bond acceptors (Lipinski definition) is 7. The van der Waals surface area contributed by atoms with Crippen molar-refractivity contribution in [2.75, 3.05) is 5.32 Å². The number of carbonyl (C=O) groups is 1. The van der Waals surface area contributed by atoms with Gasteiger partial charge in [0.2, 0.25) is 0 Å². The molecule has 0 atom stereocenters. The largest absolute Gasteiger partial charge is 0.298 e. The van der Waals surface area contributed by atoms with Crippen molar-refractivity contribution in [3.63, 3.8) is 0 Å². The van der Waals surface area contributed by atoms with Gasteiger partial charge in [-0.05, 0) is 12.1 Å². The fraction of sp³-hybridized carbons (Fsp3) is 0. The fourth-order valence-electron chi connectivity index (χ4n) is 2.13. The summed E-state index contributed by atoms with van der Waals surface area (Å²) >= 11 is 2.62. The minimum absolute atomic E-state index is 0.0217. The van der Waals surface area contributed by atoms with E-state index < -0.39 is 11.5 Å². The van der Waals surface area contributed by atoms with Crippen LogP contribution in [0.2, 0.25) is 0 Å². The van der Waals surface area contributed by atoms with E-state index in [1.165, 1.54) is 33.3 Å². The second-order valence-corrected chi connectivity index (χ2v) is 6.49. The molecule has 4 heterocycles. The van der Waals surface area contributed by atoms with Gasteiger partial charge in [0.1, 0.15) is 5.56 Å². The van der Waals surface area contributed by atoms with Crippen LogP contribution >= 0.6 is 22.7 Å². The molecule has 4 aromatic rings. The minimum atomic E-state index is -0.524. The van der Waals surface area contributed by atoms with Crippen LogP contribution in [0.25, 0.3) is 16.2 Å². The molecule has 0 aliphatic heterocycles. The molecule has 0 bridgehead atoms. The van der Waals surface area contributed by atoms with Gasteiger partial charge >= 0.3 is 0 Å². The van der Waals surface area contributed by atoms with Gasteiger partial charge in [0.05, 0.1) is 5.69 Å². The number of hydrogen-bond donors (Lipinski definition) is 1. The highest BCUT2D eigenvalue weighted by atomic mass is 32.1. The molecule has 0 aliphatic carbocycles. The number of rotatable bonds is 3. The van der Waals surface area contributed by atoms with Crippen LogP contribution in [-0.2, 0) is 0 Å². The number of thiazole rings is 2. The number of carbonyl (C=O) groups excluding carboxylic acids is 1. The Labute approximate surface area is 143 Å². The average molecular weight is 355 g/mol. The van der Waals surface area contributed by atoms with E-state index in [-0.39, 0.29) is 5.56 Å². The van der Waals surface area contributed by atoms with Crippen LogP contribution in [0.4, 0.5) is 5.13 Å². The maximum atomic E-state index is 12.3. The summed E-state index contributed by atoms with van der Waals surface area (Å²) in [7, 11) is 0. The third-order valence-corrected chi connectivity index (χ3v) is 4.82. The van der Waals surface area contributed by atoms with Gasteiger partial charge in [-0.1, -0.05) is 0 Å². The molecule has 1 amide bonds. The van der Waals surface area contributed by atoms with Gasteiger partial charge in [-0.3, -0.25) is 24.3 Å². The molecule has 1 N–H and O–H groups in total. The lowest BCUT2D eigenvalue weighted by Crippen LogP contribution is -2.25. The normalized spacial score (nSPS) is 10.8. The fourth-order valence-corrected chi connectivity index (χ4v) is 3.52. The summed E-state index contributed by atoms with van der Waals surface area (Å²) in [6.07, 6.45) is 6.24. The Bertz CT molecular complexity index is 1080. The number of nitrogens with one attached hydrogen (secondary N) is 1. The molecule has 4 aromatic heterocycles. The highest BCUT2D eigenvalue weighted by Crippen LogP contribution is 2.24. The van der Waals surface area contributed by atoms with Crippen molar-refractivity contribution in [2.24, 2.45) is 0 Å². The van der Waals surface area contributed by atoms with Crippen molar-refractivity contribution < 1.29 is 4.79 Å². The molecule has 0 radical (unpaired) electrons. The molecule has 0 saturated carbocycles. The van der Waals surface area contributed by atoms with Gasteiger partial charge in [0.15, 0.2) is 10.1 Å². The Morgan fingerprint density at radius 2 is 2.04 bits per heavy atom. The number of nitrogens with zero attached hydrogens (tertiary/aromatic N) is 4. The minimum Gasteiger partial charge on any atom is -0.298 e. The van der Waals surface area contributed by atoms with E-state index in [4.69, 9.17) is 0 Å². The van der Waals surface area contributed by atoms with Crippen molar-refractivity contribution >= 4 is 38.7 Å². The monoisotopic (exact) mass is 355 g/mol. The van der Waals surface area contributed by atoms with E-state index in [1.54, 1.807) is 24.0 Å². The Balaban J connectivity index is 1.61. The average Bonchev–Trinajstić information content (AvgIpc) is 3.25. The van der Waals surface area contributed by atoms with Crippen molar-refractivity contribution in [1.82, 2.24) is 19.4 Å². The van der Waals surface area contributed by atoms with Gasteiger partial charge < -0.3 is 0 Å². The number of amides is 1. The Kier molecular flexibility index (Phi) is 3.63. The predicted molar refractivity (Wildman–Crippen MR) is 92.6 cm³/mol. The van der Waals surface area contributed by atoms with Crippen molar-refractivity contribution in [2.45, 2.75) is 0 Å². The number of aromatic nitrogens is 4. The van der Waals surface area contributed by atoms with E-state index in [0.29, 0.717) is 10.1 Å². The molecule has 7 nitrogen and oxygen atoms in total. The maximum Gasteiger partial charge on any atom is 0.271 e. The molecule has 0 aliphatic rings. The van der Waals surface area contributed by atoms with E-state index in [2.05, 4.69) is 20.3 Å². The molecule has 0 aromatic carbocycles. The first kappa shape index (κ1) is 14.7. The quantitative estimate of drug-likeness (QED) is 0.610. The topological polar surface area (TPSA) is 89.2 Å².